The molecule has 1 aliphatic carbocycles. The Morgan fingerprint density at radius 2 is 1.25 bits per heavy atom. The number of anilines is 6. The van der Waals surface area contributed by atoms with Crippen molar-refractivity contribution in [1.82, 2.24) is 0 Å². The van der Waals surface area contributed by atoms with Gasteiger partial charge in [-0.1, -0.05) is 117 Å². The van der Waals surface area contributed by atoms with Crippen LogP contribution in [0.4, 0.5) is 34.1 Å². The Bertz CT molecular complexity index is 2600. The maximum absolute atomic E-state index is 6.98. The fourth-order valence-corrected chi connectivity index (χ4v) is 8.12. The molecule has 1 aromatic heterocycles. The van der Waals surface area contributed by atoms with Gasteiger partial charge in [-0.15, -0.1) is 0 Å². The highest BCUT2D eigenvalue weighted by atomic mass is 16.5. The van der Waals surface area contributed by atoms with Gasteiger partial charge in [0.25, 0.3) is 0 Å². The number of furan rings is 1. The van der Waals surface area contributed by atoms with E-state index in [-0.39, 0.29) is 0 Å². The Morgan fingerprint density at radius 1 is 0.608 bits per heavy atom. The van der Waals surface area contributed by atoms with Crippen molar-refractivity contribution >= 4 is 68.2 Å². The first-order valence-corrected chi connectivity index (χ1v) is 17.4. The number of fused-ring (bicyclic) bond motifs is 9. The fourth-order valence-electron chi connectivity index (χ4n) is 8.12. The van der Waals surface area contributed by atoms with E-state index >= 15 is 0 Å². The van der Waals surface area contributed by atoms with Gasteiger partial charge in [-0.25, -0.2) is 0 Å². The van der Waals surface area contributed by atoms with Crippen molar-refractivity contribution in [3.05, 3.63) is 180 Å². The van der Waals surface area contributed by atoms with Crippen molar-refractivity contribution in [3.63, 3.8) is 0 Å². The standard InChI is InChI=1S/C47H34N2O2/c1-47(2)37-30-40(48(32-16-6-3-7-17-32)33-18-8-4-9-19-33)43-36-22-12-14-24-41(36)50-45(43)35(37)28-26-31-27-29-39-46(44(31)47)51-42-25-15-13-23-38(42)49(39)34-20-10-5-11-21-34/h3-30H,1-2H3. The third-order valence-corrected chi connectivity index (χ3v) is 10.4. The van der Waals surface area contributed by atoms with Gasteiger partial charge in [-0.05, 0) is 77.9 Å². The molecule has 8 aromatic rings. The van der Waals surface area contributed by atoms with E-state index in [9.17, 15) is 0 Å². The summed E-state index contributed by atoms with van der Waals surface area (Å²) in [5.41, 5.74) is 12.1. The van der Waals surface area contributed by atoms with E-state index in [0.717, 1.165) is 89.8 Å². The minimum Gasteiger partial charge on any atom is -0.455 e. The number of hydrogen-bond donors (Lipinski definition) is 0. The lowest BCUT2D eigenvalue weighted by atomic mass is 9.74. The first-order chi connectivity index (χ1) is 25.1. The number of benzene rings is 7. The topological polar surface area (TPSA) is 28.9 Å². The van der Waals surface area contributed by atoms with Crippen molar-refractivity contribution < 1.29 is 9.15 Å². The molecule has 0 N–H and O–H groups in total. The van der Waals surface area contributed by atoms with Gasteiger partial charge in [-0.3, -0.25) is 0 Å². The summed E-state index contributed by atoms with van der Waals surface area (Å²) >= 11 is 0. The van der Waals surface area contributed by atoms with Crippen molar-refractivity contribution in [2.24, 2.45) is 0 Å². The third-order valence-electron chi connectivity index (χ3n) is 10.4. The highest BCUT2D eigenvalue weighted by Gasteiger charge is 2.39. The van der Waals surface area contributed by atoms with Crippen molar-refractivity contribution in [2.75, 3.05) is 9.80 Å². The Labute approximate surface area is 297 Å². The number of hydrogen-bond acceptors (Lipinski definition) is 4. The second-order valence-corrected chi connectivity index (χ2v) is 13.7. The molecule has 0 saturated heterocycles. The van der Waals surface area contributed by atoms with Crippen LogP contribution in [-0.4, -0.2) is 0 Å². The van der Waals surface area contributed by atoms with E-state index in [0.29, 0.717) is 0 Å². The number of ether oxygens (including phenoxy) is 1. The van der Waals surface area contributed by atoms with Crippen LogP contribution in [0.15, 0.2) is 162 Å². The Hall–Kier alpha value is -6.52. The van der Waals surface area contributed by atoms with Crippen molar-refractivity contribution in [2.45, 2.75) is 19.3 Å². The highest BCUT2D eigenvalue weighted by molar-refractivity contribution is 6.16. The molecule has 2 aliphatic rings. The fraction of sp³-hybridized carbons (Fsp3) is 0.0638. The minimum atomic E-state index is -0.505. The highest BCUT2D eigenvalue weighted by Crippen LogP contribution is 2.57. The molecule has 0 bridgehead atoms. The molecule has 0 spiro atoms. The van der Waals surface area contributed by atoms with Gasteiger partial charge in [0.15, 0.2) is 11.5 Å². The summed E-state index contributed by atoms with van der Waals surface area (Å²) in [4.78, 5) is 4.68. The van der Waals surface area contributed by atoms with Gasteiger partial charge in [0.05, 0.1) is 22.4 Å². The molecular formula is C47H34N2O2. The van der Waals surface area contributed by atoms with Gasteiger partial charge in [0.1, 0.15) is 11.2 Å². The van der Waals surface area contributed by atoms with E-state index in [2.05, 4.69) is 181 Å². The summed E-state index contributed by atoms with van der Waals surface area (Å²) in [6, 6.07) is 55.3. The minimum absolute atomic E-state index is 0.505. The molecule has 4 nitrogen and oxygen atoms in total. The van der Waals surface area contributed by atoms with Crippen LogP contribution in [0, 0.1) is 0 Å². The van der Waals surface area contributed by atoms with Crippen molar-refractivity contribution in [1.29, 1.82) is 0 Å². The van der Waals surface area contributed by atoms with Crippen LogP contribution in [0.2, 0.25) is 0 Å². The summed E-state index contributed by atoms with van der Waals surface area (Å²) in [5, 5.41) is 2.18. The predicted octanol–water partition coefficient (Wildman–Crippen LogP) is 13.4. The molecule has 10 rings (SSSR count). The average Bonchev–Trinajstić information content (AvgIpc) is 3.52. The summed E-state index contributed by atoms with van der Waals surface area (Å²) in [5.74, 6) is 1.70. The van der Waals surface area contributed by atoms with Crippen molar-refractivity contribution in [3.8, 4) is 11.5 Å². The molecule has 0 radical (unpaired) electrons. The first-order valence-electron chi connectivity index (χ1n) is 17.4. The van der Waals surface area contributed by atoms with Crippen LogP contribution in [0.3, 0.4) is 0 Å². The van der Waals surface area contributed by atoms with Gasteiger partial charge < -0.3 is 19.0 Å². The smallest absolute Gasteiger partial charge is 0.156 e. The molecular weight excluding hydrogens is 625 g/mol. The van der Waals surface area contributed by atoms with Crippen LogP contribution >= 0.6 is 0 Å². The number of rotatable bonds is 4. The monoisotopic (exact) mass is 658 g/mol. The quantitative estimate of drug-likeness (QED) is 0.188. The van der Waals surface area contributed by atoms with Crippen LogP contribution in [0.1, 0.15) is 36.1 Å². The molecule has 4 heteroatoms. The van der Waals surface area contributed by atoms with Crippen LogP contribution < -0.4 is 14.5 Å². The maximum Gasteiger partial charge on any atom is 0.156 e. The lowest BCUT2D eigenvalue weighted by Gasteiger charge is -2.38. The molecule has 0 saturated carbocycles. The van der Waals surface area contributed by atoms with Gasteiger partial charge in [-0.2, -0.15) is 0 Å². The molecule has 1 aliphatic heterocycles. The first kappa shape index (κ1) is 29.4. The van der Waals surface area contributed by atoms with E-state index in [1.54, 1.807) is 0 Å². The van der Waals surface area contributed by atoms with Crippen LogP contribution in [-0.2, 0) is 5.41 Å². The lowest BCUT2D eigenvalue weighted by Crippen LogP contribution is -2.25. The van der Waals surface area contributed by atoms with E-state index < -0.39 is 5.41 Å². The van der Waals surface area contributed by atoms with E-state index in [4.69, 9.17) is 9.15 Å². The molecule has 7 aromatic carbocycles. The summed E-state index contributed by atoms with van der Waals surface area (Å²) in [6.07, 6.45) is 4.48. The summed E-state index contributed by atoms with van der Waals surface area (Å²) < 4.78 is 13.9. The Morgan fingerprint density at radius 3 is 2.00 bits per heavy atom. The summed E-state index contributed by atoms with van der Waals surface area (Å²) in [6.45, 7) is 4.64. The maximum atomic E-state index is 6.98. The van der Waals surface area contributed by atoms with Gasteiger partial charge >= 0.3 is 0 Å². The van der Waals surface area contributed by atoms with Crippen LogP contribution in [0.5, 0.6) is 11.5 Å². The Kier molecular flexibility index (Phi) is 6.49. The normalized spacial score (nSPS) is 13.9. The lowest BCUT2D eigenvalue weighted by molar-refractivity contribution is 0.456. The Balaban J connectivity index is 1.28. The zero-order valence-electron chi connectivity index (χ0n) is 28.4. The molecule has 0 atom stereocenters. The average molecular weight is 659 g/mol. The molecule has 51 heavy (non-hydrogen) atoms. The third kappa shape index (κ3) is 4.46. The summed E-state index contributed by atoms with van der Waals surface area (Å²) in [7, 11) is 0. The molecule has 2 heterocycles. The predicted molar refractivity (Wildman–Crippen MR) is 211 cm³/mol. The SMILES string of the molecule is CC1(C)c2cc(N(c3ccccc3)c3ccccc3)c3c(oc4ccccc43)c2C=Cc2ccc3c(c21)Oc1ccccc1N3c1ccccc1. The number of nitrogens with zero attached hydrogens (tertiary/aromatic N) is 2. The molecule has 0 fully saturated rings. The second-order valence-electron chi connectivity index (χ2n) is 13.7. The zero-order chi connectivity index (χ0) is 34.1. The molecule has 0 amide bonds. The van der Waals surface area contributed by atoms with E-state index in [1.165, 1.54) is 0 Å². The molecule has 244 valence electrons. The number of para-hydroxylation sites is 6. The van der Waals surface area contributed by atoms with Crippen LogP contribution in [0.25, 0.3) is 34.1 Å². The largest absolute Gasteiger partial charge is 0.455 e. The van der Waals surface area contributed by atoms with Gasteiger partial charge in [0, 0.05) is 39.0 Å². The second kappa shape index (κ2) is 11.3. The molecule has 0 unspecified atom stereocenters. The van der Waals surface area contributed by atoms with Gasteiger partial charge in [0.2, 0.25) is 0 Å². The van der Waals surface area contributed by atoms with E-state index in [1.807, 2.05) is 12.1 Å². The zero-order valence-corrected chi connectivity index (χ0v) is 28.4.